The highest BCUT2D eigenvalue weighted by Gasteiger charge is 2.28. The van der Waals surface area contributed by atoms with Crippen LogP contribution in [-0.2, 0) is 0 Å². The van der Waals surface area contributed by atoms with Gasteiger partial charge in [0.1, 0.15) is 6.33 Å². The van der Waals surface area contributed by atoms with Gasteiger partial charge >= 0.3 is 0 Å². The maximum atomic E-state index is 4.90. The highest BCUT2D eigenvalue weighted by atomic mass is 15.4. The van der Waals surface area contributed by atoms with Gasteiger partial charge in [-0.3, -0.25) is 0 Å². The molecule has 0 N–H and O–H groups in total. The van der Waals surface area contributed by atoms with Crippen LogP contribution in [0.25, 0.3) is 5.70 Å². The van der Waals surface area contributed by atoms with Crippen LogP contribution in [0.15, 0.2) is 54.1 Å². The van der Waals surface area contributed by atoms with E-state index in [1.54, 1.807) is 12.5 Å². The predicted octanol–water partition coefficient (Wildman–Crippen LogP) is 3.70. The number of hydrogen-bond donors (Lipinski definition) is 0. The molecule has 2 aliphatic heterocycles. The van der Waals surface area contributed by atoms with Crippen molar-refractivity contribution in [2.75, 3.05) is 20.1 Å². The summed E-state index contributed by atoms with van der Waals surface area (Å²) in [5.41, 5.74) is 3.96. The van der Waals surface area contributed by atoms with Crippen LogP contribution in [0.3, 0.4) is 0 Å². The normalized spacial score (nSPS) is 21.0. The Labute approximate surface area is 150 Å². The summed E-state index contributed by atoms with van der Waals surface area (Å²) in [7, 11) is 2.03. The first kappa shape index (κ1) is 17.4. The van der Waals surface area contributed by atoms with Gasteiger partial charge in [0.2, 0.25) is 5.96 Å². The summed E-state index contributed by atoms with van der Waals surface area (Å²) < 4.78 is 0. The molecule has 25 heavy (non-hydrogen) atoms. The first-order valence-corrected chi connectivity index (χ1v) is 9.02. The lowest BCUT2D eigenvalue weighted by molar-refractivity contribution is 0.260. The van der Waals surface area contributed by atoms with Crippen molar-refractivity contribution in [1.29, 1.82) is 0 Å². The van der Waals surface area contributed by atoms with Crippen LogP contribution < -0.4 is 0 Å². The van der Waals surface area contributed by atoms with Crippen molar-refractivity contribution in [2.45, 2.75) is 32.6 Å². The maximum absolute atomic E-state index is 4.90. The lowest BCUT2D eigenvalue weighted by atomic mass is 9.89. The van der Waals surface area contributed by atoms with Crippen molar-refractivity contribution in [3.05, 3.63) is 54.8 Å². The molecule has 0 amide bonds. The number of aromatic nitrogens is 2. The van der Waals surface area contributed by atoms with Crippen molar-refractivity contribution >= 4 is 11.7 Å². The second-order valence-electron chi connectivity index (χ2n) is 6.78. The van der Waals surface area contributed by atoms with Crippen LogP contribution in [0.5, 0.6) is 0 Å². The van der Waals surface area contributed by atoms with Crippen LogP contribution in [0.1, 0.15) is 38.3 Å². The fraction of sp³-hybridized carbons (Fsp3) is 0.450. The second-order valence-corrected chi connectivity index (χ2v) is 6.78. The zero-order chi connectivity index (χ0) is 17.8. The van der Waals surface area contributed by atoms with Gasteiger partial charge in [-0.15, -0.1) is 0 Å². The average Bonchev–Trinajstić information content (AvgIpc) is 2.65. The third-order valence-electron chi connectivity index (χ3n) is 4.95. The molecule has 132 valence electrons. The molecule has 2 aliphatic rings. The molecule has 5 nitrogen and oxygen atoms in total. The number of likely N-dealkylation sites (N-methyl/N-ethyl adjacent to an activating group) is 1. The summed E-state index contributed by atoms with van der Waals surface area (Å²) in [4.78, 5) is 17.7. The van der Waals surface area contributed by atoms with Gasteiger partial charge in [-0.05, 0) is 37.3 Å². The molecule has 1 aromatic heterocycles. The summed E-state index contributed by atoms with van der Waals surface area (Å²) in [5.74, 6) is 1.50. The molecule has 0 aromatic carbocycles. The molecule has 1 atom stereocenters. The SMILES string of the molecule is C=C(CCC)C1CCCN(C2=NC(c3ccncn3)=CC(=C)N2C)C1. The van der Waals surface area contributed by atoms with Gasteiger partial charge in [0.25, 0.3) is 0 Å². The molecular formula is C20H27N5. The summed E-state index contributed by atoms with van der Waals surface area (Å²) in [6.07, 6.45) is 9.93. The van der Waals surface area contributed by atoms with Crippen molar-refractivity contribution in [3.63, 3.8) is 0 Å². The Kier molecular flexibility index (Phi) is 5.31. The molecule has 0 saturated carbocycles. The number of aliphatic imine (C=N–C) groups is 1. The van der Waals surface area contributed by atoms with Crippen LogP contribution >= 0.6 is 0 Å². The Bertz CT molecular complexity index is 704. The van der Waals surface area contributed by atoms with Crippen molar-refractivity contribution in [1.82, 2.24) is 19.8 Å². The Hall–Kier alpha value is -2.43. The van der Waals surface area contributed by atoms with Crippen LogP contribution in [0.2, 0.25) is 0 Å². The Morgan fingerprint density at radius 1 is 1.40 bits per heavy atom. The third kappa shape index (κ3) is 3.81. The van der Waals surface area contributed by atoms with E-state index in [1.165, 1.54) is 18.4 Å². The summed E-state index contributed by atoms with van der Waals surface area (Å²) >= 11 is 0. The highest BCUT2D eigenvalue weighted by Crippen LogP contribution is 2.29. The standard InChI is InChI=1S/C20H27N5/c1-5-7-15(2)17-8-6-11-25(13-17)20-23-19(12-16(3)24(20)4)18-9-10-21-14-22-18/h9-10,12,14,17H,2-3,5-8,11,13H2,1,4H3. The number of hydrogen-bond acceptors (Lipinski definition) is 5. The van der Waals surface area contributed by atoms with E-state index in [0.717, 1.165) is 49.0 Å². The Morgan fingerprint density at radius 2 is 2.24 bits per heavy atom. The van der Waals surface area contributed by atoms with Gasteiger partial charge in [0, 0.05) is 32.0 Å². The topological polar surface area (TPSA) is 44.6 Å². The van der Waals surface area contributed by atoms with E-state index in [9.17, 15) is 0 Å². The quantitative estimate of drug-likeness (QED) is 0.786. The highest BCUT2D eigenvalue weighted by molar-refractivity contribution is 5.90. The van der Waals surface area contributed by atoms with Crippen LogP contribution in [0.4, 0.5) is 0 Å². The molecular weight excluding hydrogens is 310 g/mol. The molecule has 0 radical (unpaired) electrons. The molecule has 1 fully saturated rings. The molecule has 1 unspecified atom stereocenters. The number of likely N-dealkylation sites (tertiary alicyclic amines) is 1. The van der Waals surface area contributed by atoms with E-state index in [-0.39, 0.29) is 0 Å². The zero-order valence-electron chi connectivity index (χ0n) is 15.3. The van der Waals surface area contributed by atoms with E-state index in [4.69, 9.17) is 4.99 Å². The van der Waals surface area contributed by atoms with Gasteiger partial charge < -0.3 is 9.80 Å². The van der Waals surface area contributed by atoms with Crippen LogP contribution in [-0.4, -0.2) is 45.9 Å². The van der Waals surface area contributed by atoms with Gasteiger partial charge in [-0.1, -0.05) is 32.1 Å². The molecule has 1 saturated heterocycles. The molecule has 3 heterocycles. The van der Waals surface area contributed by atoms with Crippen molar-refractivity contribution < 1.29 is 0 Å². The Morgan fingerprint density at radius 3 is 2.96 bits per heavy atom. The minimum Gasteiger partial charge on any atom is -0.342 e. The molecule has 1 aromatic rings. The number of piperidine rings is 1. The summed E-state index contributed by atoms with van der Waals surface area (Å²) in [5, 5.41) is 0. The van der Waals surface area contributed by atoms with Crippen molar-refractivity contribution in [3.8, 4) is 0 Å². The Balaban J connectivity index is 1.84. The fourth-order valence-electron chi connectivity index (χ4n) is 3.47. The smallest absolute Gasteiger partial charge is 0.206 e. The van der Waals surface area contributed by atoms with Gasteiger partial charge in [0.05, 0.1) is 11.4 Å². The summed E-state index contributed by atoms with van der Waals surface area (Å²) in [6, 6.07) is 1.88. The first-order chi connectivity index (χ1) is 12.1. The first-order valence-electron chi connectivity index (χ1n) is 9.02. The van der Waals surface area contributed by atoms with E-state index in [2.05, 4.69) is 39.8 Å². The third-order valence-corrected chi connectivity index (χ3v) is 4.95. The van der Waals surface area contributed by atoms with Gasteiger partial charge in [-0.25, -0.2) is 15.0 Å². The molecule has 0 aliphatic carbocycles. The average molecular weight is 337 g/mol. The van der Waals surface area contributed by atoms with E-state index in [1.807, 2.05) is 19.2 Å². The van der Waals surface area contributed by atoms with Gasteiger partial charge in [0.15, 0.2) is 0 Å². The van der Waals surface area contributed by atoms with Crippen molar-refractivity contribution in [2.24, 2.45) is 10.9 Å². The second kappa shape index (κ2) is 7.64. The van der Waals surface area contributed by atoms with Gasteiger partial charge in [-0.2, -0.15) is 0 Å². The molecule has 0 bridgehead atoms. The monoisotopic (exact) mass is 337 g/mol. The lowest BCUT2D eigenvalue weighted by Gasteiger charge is -2.40. The largest absolute Gasteiger partial charge is 0.342 e. The lowest BCUT2D eigenvalue weighted by Crippen LogP contribution is -2.47. The number of guanidine groups is 1. The zero-order valence-corrected chi connectivity index (χ0v) is 15.3. The number of rotatable bonds is 4. The number of nitrogens with zero attached hydrogens (tertiary/aromatic N) is 5. The maximum Gasteiger partial charge on any atom is 0.206 e. The van der Waals surface area contributed by atoms with E-state index in [0.29, 0.717) is 5.92 Å². The minimum atomic E-state index is 0.548. The van der Waals surface area contributed by atoms with E-state index >= 15 is 0 Å². The molecule has 0 spiro atoms. The minimum absolute atomic E-state index is 0.548. The molecule has 5 heteroatoms. The fourth-order valence-corrected chi connectivity index (χ4v) is 3.47. The van der Waals surface area contributed by atoms with E-state index < -0.39 is 0 Å². The number of allylic oxidation sites excluding steroid dienone is 1. The van der Waals surface area contributed by atoms with Crippen LogP contribution in [0, 0.1) is 5.92 Å². The predicted molar refractivity (Wildman–Crippen MR) is 103 cm³/mol. The summed E-state index contributed by atoms with van der Waals surface area (Å²) in [6.45, 7) is 12.7. The molecule has 3 rings (SSSR count).